The molecule has 0 aromatic heterocycles. The van der Waals surface area contributed by atoms with E-state index in [1.165, 1.54) is 0 Å². The van der Waals surface area contributed by atoms with Crippen LogP contribution < -0.4 is 10.2 Å². The molecule has 9 heteroatoms. The third-order valence-electron chi connectivity index (χ3n) is 3.98. The first-order valence-electron chi connectivity index (χ1n) is 7.77. The van der Waals surface area contributed by atoms with Gasteiger partial charge in [-0.05, 0) is 36.4 Å². The second kappa shape index (κ2) is 7.20. The largest absolute Gasteiger partial charge is 0.478 e. The summed E-state index contributed by atoms with van der Waals surface area (Å²) in [4.78, 5) is 48.4. The van der Waals surface area contributed by atoms with E-state index in [2.05, 4.69) is 21.2 Å². The molecule has 0 spiro atoms. The Balaban J connectivity index is 1.93. The molecule has 3 N–H and O–H groups in total. The van der Waals surface area contributed by atoms with Crippen molar-refractivity contribution in [2.24, 2.45) is 0 Å². The van der Waals surface area contributed by atoms with E-state index in [9.17, 15) is 19.2 Å². The van der Waals surface area contributed by atoms with Crippen molar-refractivity contribution in [2.75, 3.05) is 10.2 Å². The molecule has 1 unspecified atom stereocenters. The van der Waals surface area contributed by atoms with Gasteiger partial charge in [0.15, 0.2) is 0 Å². The van der Waals surface area contributed by atoms with E-state index < -0.39 is 29.8 Å². The Morgan fingerprint density at radius 1 is 1.04 bits per heavy atom. The molecular formula is C18H13BrN2O6. The fourth-order valence-corrected chi connectivity index (χ4v) is 3.18. The normalized spacial score (nSPS) is 16.5. The smallest absolute Gasteiger partial charge is 0.335 e. The number of imide groups is 1. The zero-order chi connectivity index (χ0) is 19.7. The number of carboxylic acids is 2. The number of anilines is 2. The second-order valence-corrected chi connectivity index (χ2v) is 6.77. The van der Waals surface area contributed by atoms with Crippen LogP contribution in [0.4, 0.5) is 11.4 Å². The molecule has 27 heavy (non-hydrogen) atoms. The number of nitrogens with zero attached hydrogens (tertiary/aromatic N) is 1. The molecule has 1 heterocycles. The van der Waals surface area contributed by atoms with Crippen LogP contribution >= 0.6 is 15.9 Å². The second-order valence-electron chi connectivity index (χ2n) is 5.86. The number of carbonyl (C=O) groups excluding carboxylic acids is 2. The number of amides is 2. The van der Waals surface area contributed by atoms with Crippen LogP contribution in [0, 0.1) is 0 Å². The lowest BCUT2D eigenvalue weighted by molar-refractivity contribution is -0.121. The molecule has 1 fully saturated rings. The first-order chi connectivity index (χ1) is 12.8. The van der Waals surface area contributed by atoms with E-state index >= 15 is 0 Å². The number of aromatic carboxylic acids is 2. The molecular weight excluding hydrogens is 420 g/mol. The number of carboxylic acid groups (broad SMARTS) is 2. The maximum atomic E-state index is 12.7. The average Bonchev–Trinajstić information content (AvgIpc) is 2.88. The van der Waals surface area contributed by atoms with Gasteiger partial charge >= 0.3 is 11.9 Å². The highest BCUT2D eigenvalue weighted by Crippen LogP contribution is 2.28. The van der Waals surface area contributed by atoms with Gasteiger partial charge in [0.2, 0.25) is 5.91 Å². The van der Waals surface area contributed by atoms with Gasteiger partial charge in [-0.25, -0.2) is 14.5 Å². The molecule has 2 aromatic carbocycles. The number of rotatable bonds is 5. The van der Waals surface area contributed by atoms with Gasteiger partial charge in [-0.2, -0.15) is 0 Å². The van der Waals surface area contributed by atoms with E-state index in [1.807, 2.05) is 6.07 Å². The predicted octanol–water partition coefficient (Wildman–Crippen LogP) is 2.59. The average molecular weight is 433 g/mol. The summed E-state index contributed by atoms with van der Waals surface area (Å²) in [6.07, 6.45) is -0.134. The number of nitrogens with one attached hydrogen (secondary N) is 1. The Hall–Kier alpha value is -3.20. The first-order valence-corrected chi connectivity index (χ1v) is 8.56. The van der Waals surface area contributed by atoms with Crippen molar-refractivity contribution >= 4 is 51.1 Å². The van der Waals surface area contributed by atoms with Gasteiger partial charge < -0.3 is 15.5 Å². The third-order valence-corrected chi connectivity index (χ3v) is 4.48. The number of carbonyl (C=O) groups is 4. The molecule has 0 aliphatic carbocycles. The minimum atomic E-state index is -1.36. The topological polar surface area (TPSA) is 124 Å². The molecule has 1 saturated heterocycles. The van der Waals surface area contributed by atoms with Crippen LogP contribution in [0.25, 0.3) is 0 Å². The minimum Gasteiger partial charge on any atom is -0.478 e. The van der Waals surface area contributed by atoms with Crippen LogP contribution in [0.5, 0.6) is 0 Å². The summed E-state index contributed by atoms with van der Waals surface area (Å²) in [5, 5.41) is 21.3. The number of hydrogen-bond donors (Lipinski definition) is 3. The summed E-state index contributed by atoms with van der Waals surface area (Å²) in [6.45, 7) is 0. The van der Waals surface area contributed by atoms with Gasteiger partial charge in [-0.15, -0.1) is 0 Å². The van der Waals surface area contributed by atoms with Crippen LogP contribution in [0.15, 0.2) is 46.9 Å². The molecule has 2 aromatic rings. The van der Waals surface area contributed by atoms with Gasteiger partial charge in [0.25, 0.3) is 5.91 Å². The monoisotopic (exact) mass is 432 g/mol. The first kappa shape index (κ1) is 18.6. The summed E-state index contributed by atoms with van der Waals surface area (Å²) in [5.41, 5.74) is -0.105. The van der Waals surface area contributed by atoms with Crippen molar-refractivity contribution in [1.82, 2.24) is 0 Å². The van der Waals surface area contributed by atoms with Crippen molar-refractivity contribution in [3.8, 4) is 0 Å². The summed E-state index contributed by atoms with van der Waals surface area (Å²) in [7, 11) is 0. The van der Waals surface area contributed by atoms with E-state index in [4.69, 9.17) is 10.2 Å². The summed E-state index contributed by atoms with van der Waals surface area (Å²) >= 11 is 3.32. The molecule has 2 amide bonds. The lowest BCUT2D eigenvalue weighted by atomic mass is 10.1. The summed E-state index contributed by atoms with van der Waals surface area (Å²) in [6, 6.07) is 9.39. The van der Waals surface area contributed by atoms with Crippen molar-refractivity contribution in [3.63, 3.8) is 0 Å². The zero-order valence-electron chi connectivity index (χ0n) is 13.7. The van der Waals surface area contributed by atoms with Crippen LogP contribution in [0.3, 0.4) is 0 Å². The van der Waals surface area contributed by atoms with Gasteiger partial charge in [-0.3, -0.25) is 9.59 Å². The van der Waals surface area contributed by atoms with E-state index in [1.54, 1.807) is 18.2 Å². The van der Waals surface area contributed by atoms with Gasteiger partial charge in [-0.1, -0.05) is 22.0 Å². The molecule has 1 atom stereocenters. The lowest BCUT2D eigenvalue weighted by Crippen LogP contribution is -2.35. The zero-order valence-corrected chi connectivity index (χ0v) is 15.3. The standard InChI is InChI=1S/C18H13BrN2O6/c19-11-2-1-3-12(7-11)20-14-8-15(22)21(16(14)23)13-5-9(17(24)25)4-10(6-13)18(26)27/h1-7,14,20H,8H2,(H,24,25)(H,26,27). The maximum absolute atomic E-state index is 12.7. The number of halogens is 1. The fraction of sp³-hybridized carbons (Fsp3) is 0.111. The Kier molecular flexibility index (Phi) is 4.95. The predicted molar refractivity (Wildman–Crippen MR) is 99.0 cm³/mol. The fourth-order valence-electron chi connectivity index (χ4n) is 2.78. The molecule has 1 aliphatic heterocycles. The lowest BCUT2D eigenvalue weighted by Gasteiger charge is -2.17. The molecule has 0 radical (unpaired) electrons. The molecule has 0 saturated carbocycles. The van der Waals surface area contributed by atoms with E-state index in [-0.39, 0.29) is 23.2 Å². The SMILES string of the molecule is O=C(O)c1cc(C(=O)O)cc(N2C(=O)CC(Nc3cccc(Br)c3)C2=O)c1. The van der Waals surface area contributed by atoms with E-state index in [0.717, 1.165) is 27.6 Å². The highest BCUT2D eigenvalue weighted by molar-refractivity contribution is 9.10. The molecule has 0 bridgehead atoms. The minimum absolute atomic E-state index is 0.0826. The Bertz CT molecular complexity index is 942. The molecule has 3 rings (SSSR count). The number of hydrogen-bond acceptors (Lipinski definition) is 5. The van der Waals surface area contributed by atoms with Crippen LogP contribution in [0.1, 0.15) is 27.1 Å². The van der Waals surface area contributed by atoms with Gasteiger partial charge in [0.1, 0.15) is 6.04 Å². The van der Waals surface area contributed by atoms with Crippen LogP contribution in [0.2, 0.25) is 0 Å². The van der Waals surface area contributed by atoms with Gasteiger partial charge in [0, 0.05) is 10.2 Å². The van der Waals surface area contributed by atoms with E-state index in [0.29, 0.717) is 5.69 Å². The van der Waals surface area contributed by atoms with Crippen LogP contribution in [-0.2, 0) is 9.59 Å². The quantitative estimate of drug-likeness (QED) is 0.620. The van der Waals surface area contributed by atoms with Crippen molar-refractivity contribution < 1.29 is 29.4 Å². The maximum Gasteiger partial charge on any atom is 0.335 e. The highest BCUT2D eigenvalue weighted by Gasteiger charge is 2.40. The Morgan fingerprint density at radius 2 is 1.67 bits per heavy atom. The summed E-state index contributed by atoms with van der Waals surface area (Å²) < 4.78 is 0.793. The molecule has 138 valence electrons. The highest BCUT2D eigenvalue weighted by atomic mass is 79.9. The Labute approximate surface area is 161 Å². The van der Waals surface area contributed by atoms with Crippen molar-refractivity contribution in [2.45, 2.75) is 12.5 Å². The molecule has 1 aliphatic rings. The van der Waals surface area contributed by atoms with Gasteiger partial charge in [0.05, 0.1) is 23.2 Å². The van der Waals surface area contributed by atoms with Crippen molar-refractivity contribution in [3.05, 3.63) is 58.1 Å². The summed E-state index contributed by atoms with van der Waals surface area (Å²) in [5.74, 6) is -3.85. The molecule has 8 nitrogen and oxygen atoms in total. The van der Waals surface area contributed by atoms with Crippen molar-refractivity contribution in [1.29, 1.82) is 0 Å². The van der Waals surface area contributed by atoms with Crippen LogP contribution in [-0.4, -0.2) is 40.0 Å². The Morgan fingerprint density at radius 3 is 2.22 bits per heavy atom. The number of benzene rings is 2. The third kappa shape index (κ3) is 3.82.